The first kappa shape index (κ1) is 20.4. The predicted octanol–water partition coefficient (Wildman–Crippen LogP) is 2.50. The average Bonchev–Trinajstić information content (AvgIpc) is 2.94. The Morgan fingerprint density at radius 2 is 1.86 bits per heavy atom. The summed E-state index contributed by atoms with van der Waals surface area (Å²) in [5, 5.41) is 2.74. The molecule has 1 aromatic carbocycles. The van der Waals surface area contributed by atoms with Gasteiger partial charge in [0.1, 0.15) is 5.54 Å². The first-order valence-corrected chi connectivity index (χ1v) is 9.79. The summed E-state index contributed by atoms with van der Waals surface area (Å²) in [5.41, 5.74) is 1.13. The molecule has 0 aliphatic carbocycles. The van der Waals surface area contributed by atoms with Gasteiger partial charge in [0.25, 0.3) is 11.7 Å². The van der Waals surface area contributed by atoms with Crippen LogP contribution >= 0.6 is 11.3 Å². The molecule has 0 bridgehead atoms. The van der Waals surface area contributed by atoms with Crippen molar-refractivity contribution in [1.29, 1.82) is 0 Å². The molecular weight excluding hydrogens is 378 g/mol. The fourth-order valence-corrected chi connectivity index (χ4v) is 4.44. The van der Waals surface area contributed by atoms with Crippen molar-refractivity contribution in [3.8, 4) is 0 Å². The minimum absolute atomic E-state index is 0.0560. The molecule has 1 amide bonds. The Balaban J connectivity index is 1.78. The van der Waals surface area contributed by atoms with Gasteiger partial charge in [-0.2, -0.15) is 0 Å². The van der Waals surface area contributed by atoms with Gasteiger partial charge >= 0.3 is 0 Å². The number of amides is 1. The Hall–Kier alpha value is -2.35. The number of rotatable bonds is 8. The van der Waals surface area contributed by atoms with Crippen LogP contribution in [0.2, 0.25) is 0 Å². The van der Waals surface area contributed by atoms with Crippen molar-refractivity contribution in [2.45, 2.75) is 25.8 Å². The molecule has 3 rings (SSSR count). The molecule has 1 aromatic heterocycles. The van der Waals surface area contributed by atoms with Crippen LogP contribution in [0.3, 0.4) is 0 Å². The van der Waals surface area contributed by atoms with Crippen LogP contribution in [0.4, 0.5) is 0 Å². The molecule has 2 aromatic rings. The highest BCUT2D eigenvalue weighted by Gasteiger charge is 2.42. The molecule has 6 nitrogen and oxygen atoms in total. The van der Waals surface area contributed by atoms with E-state index in [9.17, 15) is 14.4 Å². The van der Waals surface area contributed by atoms with E-state index in [0.29, 0.717) is 34.1 Å². The summed E-state index contributed by atoms with van der Waals surface area (Å²) >= 11 is 1.26. The minimum Gasteiger partial charge on any atom is -0.382 e. The number of nitrogens with one attached hydrogen (secondary N) is 1. The molecule has 148 valence electrons. The Morgan fingerprint density at radius 1 is 1.18 bits per heavy atom. The predicted molar refractivity (Wildman–Crippen MR) is 106 cm³/mol. The molecular formula is C21H23NO5S. The highest BCUT2D eigenvalue weighted by molar-refractivity contribution is 7.14. The SMILES string of the molecule is COCC1(NC(=O)C(=O)c2c(C)sc(C(=O)Cc3ccccc3)c2C)COC1. The number of hydrogen-bond acceptors (Lipinski definition) is 6. The number of benzene rings is 1. The highest BCUT2D eigenvalue weighted by atomic mass is 32.1. The van der Waals surface area contributed by atoms with Crippen LogP contribution in [-0.2, 0) is 20.7 Å². The second-order valence-electron chi connectivity index (χ2n) is 7.06. The standard InChI is InChI=1S/C21H23NO5S/c1-13-17(18(24)20(25)22-21(10-26-3)11-27-12-21)14(2)28-19(13)16(23)9-15-7-5-4-6-8-15/h4-8H,9-12H2,1-3H3,(H,22,25). The van der Waals surface area contributed by atoms with Gasteiger partial charge in [0.15, 0.2) is 5.78 Å². The summed E-state index contributed by atoms with van der Waals surface area (Å²) < 4.78 is 10.3. The number of ether oxygens (including phenoxy) is 2. The summed E-state index contributed by atoms with van der Waals surface area (Å²) in [4.78, 5) is 39.3. The average molecular weight is 401 g/mol. The number of Topliss-reactive ketones (excluding diaryl/α,β-unsaturated/α-hetero) is 2. The summed E-state index contributed by atoms with van der Waals surface area (Å²) in [6.07, 6.45) is 0.260. The lowest BCUT2D eigenvalue weighted by molar-refractivity contribution is -0.135. The monoisotopic (exact) mass is 401 g/mol. The Bertz CT molecular complexity index is 899. The van der Waals surface area contributed by atoms with Gasteiger partial charge in [0.2, 0.25) is 0 Å². The van der Waals surface area contributed by atoms with Crippen molar-refractivity contribution in [2.75, 3.05) is 26.9 Å². The normalized spacial score (nSPS) is 15.0. The van der Waals surface area contributed by atoms with Crippen LogP contribution in [0.15, 0.2) is 30.3 Å². The zero-order valence-electron chi connectivity index (χ0n) is 16.2. The maximum atomic E-state index is 12.8. The molecule has 0 saturated carbocycles. The van der Waals surface area contributed by atoms with E-state index in [1.54, 1.807) is 13.8 Å². The molecule has 0 atom stereocenters. The fraction of sp³-hybridized carbons (Fsp3) is 0.381. The first-order valence-electron chi connectivity index (χ1n) is 8.97. The molecule has 0 unspecified atom stereocenters. The Morgan fingerprint density at radius 3 is 2.43 bits per heavy atom. The third kappa shape index (κ3) is 4.06. The number of carbonyl (C=O) groups is 3. The van der Waals surface area contributed by atoms with Gasteiger partial charge in [-0.15, -0.1) is 11.3 Å². The third-order valence-corrected chi connectivity index (χ3v) is 6.02. The largest absolute Gasteiger partial charge is 0.382 e. The minimum atomic E-state index is -0.702. The van der Waals surface area contributed by atoms with Crippen molar-refractivity contribution in [3.63, 3.8) is 0 Å². The smallest absolute Gasteiger partial charge is 0.293 e. The third-order valence-electron chi connectivity index (χ3n) is 4.77. The molecule has 1 N–H and O–H groups in total. The number of ketones is 2. The van der Waals surface area contributed by atoms with E-state index in [-0.39, 0.29) is 18.8 Å². The summed E-state index contributed by atoms with van der Waals surface area (Å²) in [5.74, 6) is -1.39. The van der Waals surface area contributed by atoms with Gasteiger partial charge < -0.3 is 14.8 Å². The highest BCUT2D eigenvalue weighted by Crippen LogP contribution is 2.29. The molecule has 28 heavy (non-hydrogen) atoms. The van der Waals surface area contributed by atoms with Gasteiger partial charge in [-0.05, 0) is 25.0 Å². The number of carbonyl (C=O) groups excluding carboxylic acids is 3. The number of thiophene rings is 1. The lowest BCUT2D eigenvalue weighted by atomic mass is 9.96. The van der Waals surface area contributed by atoms with Gasteiger partial charge in [-0.3, -0.25) is 14.4 Å². The van der Waals surface area contributed by atoms with Crippen molar-refractivity contribution in [1.82, 2.24) is 5.32 Å². The van der Waals surface area contributed by atoms with Crippen molar-refractivity contribution in [2.24, 2.45) is 0 Å². The molecule has 1 saturated heterocycles. The Kier molecular flexibility index (Phi) is 6.07. The quantitative estimate of drug-likeness (QED) is 0.543. The van der Waals surface area contributed by atoms with E-state index in [0.717, 1.165) is 5.56 Å². The van der Waals surface area contributed by atoms with E-state index in [1.807, 2.05) is 30.3 Å². The lowest BCUT2D eigenvalue weighted by Crippen LogP contribution is -2.65. The van der Waals surface area contributed by atoms with Crippen molar-refractivity contribution >= 4 is 28.8 Å². The van der Waals surface area contributed by atoms with Crippen LogP contribution in [0.5, 0.6) is 0 Å². The van der Waals surface area contributed by atoms with Crippen LogP contribution in [0, 0.1) is 13.8 Å². The lowest BCUT2D eigenvalue weighted by Gasteiger charge is -2.41. The Labute approximate surface area is 167 Å². The van der Waals surface area contributed by atoms with Gasteiger partial charge in [-0.25, -0.2) is 0 Å². The van der Waals surface area contributed by atoms with Gasteiger partial charge in [-0.1, -0.05) is 30.3 Å². The van der Waals surface area contributed by atoms with E-state index < -0.39 is 17.2 Å². The maximum Gasteiger partial charge on any atom is 0.293 e. The maximum absolute atomic E-state index is 12.8. The van der Waals surface area contributed by atoms with Gasteiger partial charge in [0, 0.05) is 24.0 Å². The number of aryl methyl sites for hydroxylation is 1. The zero-order chi connectivity index (χ0) is 20.3. The molecule has 1 fully saturated rings. The van der Waals surface area contributed by atoms with E-state index in [4.69, 9.17) is 9.47 Å². The van der Waals surface area contributed by atoms with Crippen LogP contribution in [-0.4, -0.2) is 49.9 Å². The molecule has 1 aliphatic heterocycles. The summed E-state index contributed by atoms with van der Waals surface area (Å²) in [6, 6.07) is 9.45. The van der Waals surface area contributed by atoms with Crippen LogP contribution < -0.4 is 5.32 Å². The topological polar surface area (TPSA) is 81.7 Å². The van der Waals surface area contributed by atoms with Crippen molar-refractivity contribution < 1.29 is 23.9 Å². The molecule has 0 radical (unpaired) electrons. The first-order chi connectivity index (χ1) is 13.4. The molecule has 7 heteroatoms. The molecule has 1 aliphatic rings. The van der Waals surface area contributed by atoms with E-state index in [1.165, 1.54) is 18.4 Å². The molecule has 2 heterocycles. The second-order valence-corrected chi connectivity index (χ2v) is 8.29. The summed E-state index contributed by atoms with van der Waals surface area (Å²) in [7, 11) is 1.53. The fourth-order valence-electron chi connectivity index (χ4n) is 3.34. The number of hydrogen-bond donors (Lipinski definition) is 1. The molecule has 0 spiro atoms. The van der Waals surface area contributed by atoms with Crippen molar-refractivity contribution in [3.05, 3.63) is 56.8 Å². The van der Waals surface area contributed by atoms with Crippen LogP contribution in [0.1, 0.15) is 36.0 Å². The van der Waals surface area contributed by atoms with E-state index in [2.05, 4.69) is 5.32 Å². The van der Waals surface area contributed by atoms with Gasteiger partial charge in [0.05, 0.1) is 24.7 Å². The van der Waals surface area contributed by atoms with Crippen LogP contribution in [0.25, 0.3) is 0 Å². The summed E-state index contributed by atoms with van der Waals surface area (Å²) in [6.45, 7) is 4.37. The zero-order valence-corrected chi connectivity index (χ0v) is 17.0. The van der Waals surface area contributed by atoms with E-state index >= 15 is 0 Å². The second kappa shape index (κ2) is 8.34. The number of methoxy groups -OCH3 is 1.